The van der Waals surface area contributed by atoms with Crippen molar-refractivity contribution < 1.29 is 43.9 Å². The van der Waals surface area contributed by atoms with Gasteiger partial charge in [-0.3, -0.25) is 9.59 Å². The fraction of sp³-hybridized carbons (Fsp3) is 0.889. The summed E-state index contributed by atoms with van der Waals surface area (Å²) >= 11 is 0. The normalized spacial score (nSPS) is 42.1. The average Bonchev–Trinajstić information content (AvgIpc) is 3.33. The van der Waals surface area contributed by atoms with Crippen LogP contribution in [0.3, 0.4) is 0 Å². The van der Waals surface area contributed by atoms with Crippen molar-refractivity contribution in [2.75, 3.05) is 13.2 Å². The van der Waals surface area contributed by atoms with Gasteiger partial charge in [-0.15, -0.1) is 0 Å². The minimum atomic E-state index is -1.28. The molecule has 1 aliphatic heterocycles. The predicted molar refractivity (Wildman–Crippen MR) is 168 cm³/mol. The number of fused-ring (bicyclic) bond motifs is 5. The third-order valence-corrected chi connectivity index (χ3v) is 12.7. The molecule has 256 valence electrons. The van der Waals surface area contributed by atoms with Gasteiger partial charge in [0.15, 0.2) is 12.4 Å². The summed E-state index contributed by atoms with van der Waals surface area (Å²) in [7, 11) is 0. The lowest BCUT2D eigenvalue weighted by Gasteiger charge is -2.59. The number of hydrogen-bond donors (Lipinski definition) is 3. The highest BCUT2D eigenvalue weighted by Gasteiger charge is 2.60. The van der Waals surface area contributed by atoms with Gasteiger partial charge < -0.3 is 34.3 Å². The van der Waals surface area contributed by atoms with Gasteiger partial charge in [-0.1, -0.05) is 31.9 Å². The van der Waals surface area contributed by atoms with E-state index in [2.05, 4.69) is 19.9 Å². The highest BCUT2D eigenvalue weighted by molar-refractivity contribution is 5.66. The van der Waals surface area contributed by atoms with Crippen LogP contribution in [0, 0.1) is 40.4 Å². The molecule has 3 saturated carbocycles. The first-order chi connectivity index (χ1) is 21.2. The van der Waals surface area contributed by atoms with Crippen molar-refractivity contribution >= 4 is 11.9 Å². The molecule has 9 nitrogen and oxygen atoms in total. The number of ether oxygens (including phenoxy) is 4. The van der Waals surface area contributed by atoms with Crippen LogP contribution in [0.25, 0.3) is 0 Å². The molecule has 1 saturated heterocycles. The molecule has 1 heterocycles. The van der Waals surface area contributed by atoms with E-state index in [0.29, 0.717) is 41.4 Å². The highest BCUT2D eigenvalue weighted by Crippen LogP contribution is 2.67. The zero-order chi connectivity index (χ0) is 32.7. The smallest absolute Gasteiger partial charge is 0.303 e. The number of hydrogen-bond acceptors (Lipinski definition) is 9. The lowest BCUT2D eigenvalue weighted by atomic mass is 9.46. The van der Waals surface area contributed by atoms with Crippen LogP contribution in [0.2, 0.25) is 0 Å². The van der Waals surface area contributed by atoms with Crippen molar-refractivity contribution in [1.29, 1.82) is 0 Å². The summed E-state index contributed by atoms with van der Waals surface area (Å²) in [6.45, 7) is 11.8. The molecule has 0 amide bonds. The standard InChI is InChI=1S/C36H58O9/c1-21(8-7-15-34(4,5)45-23(3)39)27-11-12-28-26-10-9-24-18-25(13-17-36(24,20-37)29(26)14-16-35(27,28)6)44-33-31(41)32(43-22(2)38)30(40)19-42-33/h9,21,25-33,37,40-41H,7-8,10-20H2,1-6H3. The zero-order valence-corrected chi connectivity index (χ0v) is 28.3. The molecular weight excluding hydrogens is 576 g/mol. The molecule has 4 aliphatic carbocycles. The molecule has 9 heteroatoms. The Bertz CT molecular complexity index is 1100. The quantitative estimate of drug-likeness (QED) is 0.222. The summed E-state index contributed by atoms with van der Waals surface area (Å²) in [6.07, 6.45) is 9.02. The zero-order valence-electron chi connectivity index (χ0n) is 28.3. The Hall–Kier alpha value is -1.52. The molecule has 45 heavy (non-hydrogen) atoms. The maximum absolute atomic E-state index is 11.5. The van der Waals surface area contributed by atoms with E-state index in [1.807, 2.05) is 13.8 Å². The third kappa shape index (κ3) is 6.89. The maximum atomic E-state index is 11.5. The molecule has 0 bridgehead atoms. The Labute approximate surface area is 269 Å². The van der Waals surface area contributed by atoms with Crippen LogP contribution in [0.15, 0.2) is 11.6 Å². The van der Waals surface area contributed by atoms with E-state index in [1.165, 1.54) is 38.7 Å². The van der Waals surface area contributed by atoms with Gasteiger partial charge in [-0.25, -0.2) is 0 Å². The summed E-state index contributed by atoms with van der Waals surface area (Å²) < 4.78 is 22.6. The highest BCUT2D eigenvalue weighted by atomic mass is 16.7. The van der Waals surface area contributed by atoms with E-state index >= 15 is 0 Å². The Morgan fingerprint density at radius 3 is 2.53 bits per heavy atom. The fourth-order valence-corrected chi connectivity index (χ4v) is 10.7. The molecular formula is C36H58O9. The molecule has 3 N–H and O–H groups in total. The number of aliphatic hydroxyl groups excluding tert-OH is 3. The Morgan fingerprint density at radius 1 is 1.09 bits per heavy atom. The number of carbonyl (C=O) groups excluding carboxylic acids is 2. The minimum absolute atomic E-state index is 0.0779. The average molecular weight is 635 g/mol. The maximum Gasteiger partial charge on any atom is 0.303 e. The van der Waals surface area contributed by atoms with Crippen LogP contribution in [0.4, 0.5) is 0 Å². The van der Waals surface area contributed by atoms with E-state index in [0.717, 1.165) is 44.9 Å². The Balaban J connectivity index is 1.22. The fourth-order valence-electron chi connectivity index (χ4n) is 10.7. The van der Waals surface area contributed by atoms with Crippen molar-refractivity contribution in [2.45, 2.75) is 148 Å². The second-order valence-electron chi connectivity index (χ2n) is 15.9. The molecule has 0 radical (unpaired) electrons. The van der Waals surface area contributed by atoms with Crippen molar-refractivity contribution in [2.24, 2.45) is 40.4 Å². The first kappa shape index (κ1) is 34.8. The number of carbonyl (C=O) groups is 2. The largest absolute Gasteiger partial charge is 0.460 e. The molecule has 4 fully saturated rings. The molecule has 5 rings (SSSR count). The van der Waals surface area contributed by atoms with Gasteiger partial charge >= 0.3 is 11.9 Å². The summed E-state index contributed by atoms with van der Waals surface area (Å²) in [5, 5.41) is 32.0. The van der Waals surface area contributed by atoms with Crippen LogP contribution in [-0.4, -0.2) is 76.8 Å². The van der Waals surface area contributed by atoms with Crippen LogP contribution >= 0.6 is 0 Å². The van der Waals surface area contributed by atoms with Gasteiger partial charge in [-0.2, -0.15) is 0 Å². The predicted octanol–water partition coefficient (Wildman–Crippen LogP) is 5.08. The second-order valence-corrected chi connectivity index (χ2v) is 15.9. The van der Waals surface area contributed by atoms with Crippen LogP contribution in [0.1, 0.15) is 112 Å². The monoisotopic (exact) mass is 634 g/mol. The van der Waals surface area contributed by atoms with E-state index in [9.17, 15) is 24.9 Å². The van der Waals surface area contributed by atoms with Crippen LogP contribution in [-0.2, 0) is 28.5 Å². The summed E-state index contributed by atoms with van der Waals surface area (Å²) in [6, 6.07) is 0. The SMILES string of the molecule is CC(=O)OC1C(O)COC(OC2CCC3(CO)C(=CCC4C3CCC3(C)C(C(C)CCCC(C)(C)OC(C)=O)CCC43)C2)C1O. The van der Waals surface area contributed by atoms with E-state index in [-0.39, 0.29) is 30.7 Å². The van der Waals surface area contributed by atoms with Crippen molar-refractivity contribution in [3.8, 4) is 0 Å². The van der Waals surface area contributed by atoms with E-state index in [4.69, 9.17) is 18.9 Å². The van der Waals surface area contributed by atoms with E-state index < -0.39 is 36.2 Å². The second kappa shape index (κ2) is 13.5. The van der Waals surface area contributed by atoms with E-state index in [1.54, 1.807) is 0 Å². The van der Waals surface area contributed by atoms with Gasteiger partial charge in [0.1, 0.15) is 17.8 Å². The summed E-state index contributed by atoms with van der Waals surface area (Å²) in [4.78, 5) is 23.0. The Kier molecular flexibility index (Phi) is 10.5. The third-order valence-electron chi connectivity index (χ3n) is 12.7. The van der Waals surface area contributed by atoms with Crippen LogP contribution in [0.5, 0.6) is 0 Å². The molecule has 12 unspecified atom stereocenters. The number of allylic oxidation sites excluding steroid dienone is 1. The number of aliphatic hydroxyl groups is 3. The molecule has 0 aromatic heterocycles. The molecule has 0 spiro atoms. The van der Waals surface area contributed by atoms with Gasteiger partial charge in [-0.05, 0) is 113 Å². The number of rotatable bonds is 10. The van der Waals surface area contributed by atoms with Crippen molar-refractivity contribution in [1.82, 2.24) is 0 Å². The van der Waals surface area contributed by atoms with Gasteiger partial charge in [0.2, 0.25) is 0 Å². The summed E-state index contributed by atoms with van der Waals surface area (Å²) in [5.41, 5.74) is 0.953. The molecule has 0 aromatic carbocycles. The minimum Gasteiger partial charge on any atom is -0.460 e. The van der Waals surface area contributed by atoms with Crippen molar-refractivity contribution in [3.05, 3.63) is 11.6 Å². The molecule has 12 atom stereocenters. The topological polar surface area (TPSA) is 132 Å². The first-order valence-corrected chi connectivity index (χ1v) is 17.5. The van der Waals surface area contributed by atoms with Gasteiger partial charge in [0, 0.05) is 19.3 Å². The molecule has 5 aliphatic rings. The lowest BCUT2D eigenvalue weighted by molar-refractivity contribution is -0.287. The molecule has 0 aromatic rings. The van der Waals surface area contributed by atoms with Crippen molar-refractivity contribution in [3.63, 3.8) is 0 Å². The van der Waals surface area contributed by atoms with Gasteiger partial charge in [0.05, 0.1) is 19.3 Å². The van der Waals surface area contributed by atoms with Crippen LogP contribution < -0.4 is 0 Å². The lowest BCUT2D eigenvalue weighted by Crippen LogP contribution is -2.57. The Morgan fingerprint density at radius 2 is 1.84 bits per heavy atom. The van der Waals surface area contributed by atoms with Gasteiger partial charge in [0.25, 0.3) is 0 Å². The first-order valence-electron chi connectivity index (χ1n) is 17.5. The number of esters is 2. The summed E-state index contributed by atoms with van der Waals surface area (Å²) in [5.74, 6) is 2.22.